The molecule has 1 aliphatic carbocycles. The summed E-state index contributed by atoms with van der Waals surface area (Å²) in [6.45, 7) is 9.40. The first-order valence-corrected chi connectivity index (χ1v) is 19.3. The number of hydrogen-bond donors (Lipinski definition) is 1. The van der Waals surface area contributed by atoms with Gasteiger partial charge in [0.2, 0.25) is 5.91 Å². The van der Waals surface area contributed by atoms with Crippen LogP contribution in [0, 0.1) is 24.2 Å². The van der Waals surface area contributed by atoms with Crippen LogP contribution in [0.1, 0.15) is 75.1 Å². The quantitative estimate of drug-likeness (QED) is 0.106. The lowest BCUT2D eigenvalue weighted by molar-refractivity contribution is -0.137. The number of ether oxygens (including phenoxy) is 4. The Morgan fingerprint density at radius 3 is 2.15 bits per heavy atom. The second-order valence-corrected chi connectivity index (χ2v) is 15.6. The molecule has 54 heavy (non-hydrogen) atoms. The van der Waals surface area contributed by atoms with E-state index in [0.717, 1.165) is 47.9 Å². The van der Waals surface area contributed by atoms with Crippen LogP contribution in [0.15, 0.2) is 54.6 Å². The minimum atomic E-state index is -1.07. The Kier molecular flexibility index (Phi) is 16.2. The van der Waals surface area contributed by atoms with E-state index in [0.29, 0.717) is 66.3 Å². The first kappa shape index (κ1) is 42.6. The van der Waals surface area contributed by atoms with Gasteiger partial charge >= 0.3 is 6.09 Å². The van der Waals surface area contributed by atoms with Gasteiger partial charge in [-0.25, -0.2) is 4.79 Å². The van der Waals surface area contributed by atoms with E-state index in [9.17, 15) is 14.7 Å². The van der Waals surface area contributed by atoms with E-state index in [1.165, 1.54) is 4.90 Å². The number of carbonyl (C=O) groups is 2. The van der Waals surface area contributed by atoms with Crippen molar-refractivity contribution in [1.82, 2.24) is 9.80 Å². The van der Waals surface area contributed by atoms with Gasteiger partial charge in [-0.2, -0.15) is 5.26 Å². The largest absolute Gasteiger partial charge is 0.494 e. The zero-order valence-electron chi connectivity index (χ0n) is 32.0. The summed E-state index contributed by atoms with van der Waals surface area (Å²) in [4.78, 5) is 30.4. The molecule has 1 N–H and O–H groups in total. The fourth-order valence-electron chi connectivity index (χ4n) is 6.24. The van der Waals surface area contributed by atoms with Crippen LogP contribution >= 0.6 is 23.2 Å². The van der Waals surface area contributed by atoms with Crippen molar-refractivity contribution in [2.24, 2.45) is 5.92 Å². The second-order valence-electron chi connectivity index (χ2n) is 14.8. The Morgan fingerprint density at radius 1 is 0.889 bits per heavy atom. The maximum Gasteiger partial charge on any atom is 0.407 e. The zero-order chi connectivity index (χ0) is 39.3. The van der Waals surface area contributed by atoms with Crippen LogP contribution in [-0.4, -0.2) is 78.6 Å². The highest BCUT2D eigenvalue weighted by molar-refractivity contribution is 6.37. The third kappa shape index (κ3) is 13.3. The van der Waals surface area contributed by atoms with E-state index >= 15 is 0 Å². The summed E-state index contributed by atoms with van der Waals surface area (Å²) in [6.07, 6.45) is 3.73. The number of nitrogens with zero attached hydrogens (tertiary/aromatic N) is 3. The molecular formula is C42H53Cl2N3O7. The standard InChI is InChI=1S/C42H53Cl2N3O7/c1-29-21-37(43)39(38(44)22-29)54-20-19-53-35-14-10-30(11-15-35)24-33(28-47(41(49)50)42(2,3)4)40(48)46(34-12-13-34)27-32-23-31(9-8-17-51-5)25-36(26-32)52-18-7-6-16-45/h10-11,14-15,21-23,25-26,33-34H,6-9,12-13,17-20,24,27-28H2,1-5H3,(H,49,50). The van der Waals surface area contributed by atoms with Crippen LogP contribution in [0.2, 0.25) is 10.0 Å². The lowest BCUT2D eigenvalue weighted by atomic mass is 9.94. The molecule has 12 heteroatoms. The SMILES string of the molecule is COCCCc1cc(CN(C(=O)C(Cc2ccc(OCCOc3c(Cl)cc(C)cc3Cl)cc2)CN(C(=O)O)C(C)(C)C)C2CC2)cc(OCCCC#N)c1. The Hall–Kier alpha value is -4.17. The topological polar surface area (TPSA) is 122 Å². The molecule has 1 fully saturated rings. The first-order chi connectivity index (χ1) is 25.8. The number of carbonyl (C=O) groups excluding carboxylic acids is 1. The molecule has 0 saturated heterocycles. The molecule has 1 unspecified atom stereocenters. The van der Waals surface area contributed by atoms with Crippen LogP contribution in [0.5, 0.6) is 17.2 Å². The summed E-state index contributed by atoms with van der Waals surface area (Å²) in [7, 11) is 1.68. The average molecular weight is 783 g/mol. The zero-order valence-corrected chi connectivity index (χ0v) is 33.5. The summed E-state index contributed by atoms with van der Waals surface area (Å²) in [5.74, 6) is 1.04. The molecule has 3 aromatic rings. The number of amides is 2. The summed E-state index contributed by atoms with van der Waals surface area (Å²) in [6, 6.07) is 19.4. The summed E-state index contributed by atoms with van der Waals surface area (Å²) in [5, 5.41) is 20.1. The summed E-state index contributed by atoms with van der Waals surface area (Å²) >= 11 is 12.6. The minimum Gasteiger partial charge on any atom is -0.494 e. The van der Waals surface area contributed by atoms with Gasteiger partial charge in [-0.1, -0.05) is 41.4 Å². The van der Waals surface area contributed by atoms with Crippen LogP contribution in [0.25, 0.3) is 0 Å². The smallest absolute Gasteiger partial charge is 0.407 e. The van der Waals surface area contributed by atoms with Gasteiger partial charge in [-0.15, -0.1) is 0 Å². The number of unbranched alkanes of at least 4 members (excludes halogenated alkanes) is 1. The van der Waals surface area contributed by atoms with Gasteiger partial charge in [0.25, 0.3) is 0 Å². The predicted molar refractivity (Wildman–Crippen MR) is 211 cm³/mol. The Labute approximate surface area is 329 Å². The van der Waals surface area contributed by atoms with E-state index < -0.39 is 17.6 Å². The molecule has 292 valence electrons. The van der Waals surface area contributed by atoms with Crippen LogP contribution in [0.3, 0.4) is 0 Å². The Morgan fingerprint density at radius 2 is 1.54 bits per heavy atom. The van der Waals surface area contributed by atoms with Crippen LogP contribution < -0.4 is 14.2 Å². The van der Waals surface area contributed by atoms with Gasteiger partial charge in [-0.3, -0.25) is 4.79 Å². The lowest BCUT2D eigenvalue weighted by Gasteiger charge is -2.37. The van der Waals surface area contributed by atoms with E-state index in [4.69, 9.17) is 47.4 Å². The van der Waals surface area contributed by atoms with E-state index in [1.54, 1.807) is 19.2 Å². The number of halogens is 2. The van der Waals surface area contributed by atoms with Gasteiger partial charge in [0.05, 0.1) is 28.6 Å². The highest BCUT2D eigenvalue weighted by Crippen LogP contribution is 2.35. The number of aryl methyl sites for hydroxylation is 2. The molecule has 3 aromatic carbocycles. The molecule has 1 saturated carbocycles. The number of benzene rings is 3. The molecule has 0 aromatic heterocycles. The number of rotatable bonds is 21. The lowest BCUT2D eigenvalue weighted by Crippen LogP contribution is -2.51. The number of methoxy groups -OCH3 is 1. The van der Waals surface area contributed by atoms with Gasteiger partial charge in [0.15, 0.2) is 5.75 Å². The monoisotopic (exact) mass is 781 g/mol. The molecule has 10 nitrogen and oxygen atoms in total. The fourth-order valence-corrected chi connectivity index (χ4v) is 6.94. The molecule has 4 rings (SSSR count). The Balaban J connectivity index is 1.51. The van der Waals surface area contributed by atoms with Crippen molar-refractivity contribution < 1.29 is 33.6 Å². The highest BCUT2D eigenvalue weighted by Gasteiger charge is 2.39. The van der Waals surface area contributed by atoms with E-state index in [1.807, 2.05) is 69.0 Å². The molecule has 0 bridgehead atoms. The van der Waals surface area contributed by atoms with Crippen molar-refractivity contribution in [3.63, 3.8) is 0 Å². The predicted octanol–water partition coefficient (Wildman–Crippen LogP) is 9.15. The summed E-state index contributed by atoms with van der Waals surface area (Å²) in [5.41, 5.74) is 3.15. The van der Waals surface area contributed by atoms with Crippen molar-refractivity contribution >= 4 is 35.2 Å². The van der Waals surface area contributed by atoms with Crippen LogP contribution in [-0.2, 0) is 28.9 Å². The van der Waals surface area contributed by atoms with Gasteiger partial charge in [0, 0.05) is 44.8 Å². The highest BCUT2D eigenvalue weighted by atomic mass is 35.5. The van der Waals surface area contributed by atoms with Crippen molar-refractivity contribution in [3.05, 3.63) is 86.9 Å². The molecule has 1 atom stereocenters. The molecule has 0 heterocycles. The Bertz CT molecular complexity index is 1710. The number of hydrogen-bond acceptors (Lipinski definition) is 7. The average Bonchev–Trinajstić information content (AvgIpc) is 3.95. The molecular weight excluding hydrogens is 729 g/mol. The van der Waals surface area contributed by atoms with Gasteiger partial charge in [-0.05, 0) is 125 Å². The third-order valence-electron chi connectivity index (χ3n) is 9.10. The van der Waals surface area contributed by atoms with E-state index in [-0.39, 0.29) is 31.7 Å². The fraction of sp³-hybridized carbons (Fsp3) is 0.500. The maximum atomic E-state index is 14.6. The minimum absolute atomic E-state index is 0.0465. The maximum absolute atomic E-state index is 14.6. The summed E-state index contributed by atoms with van der Waals surface area (Å²) < 4.78 is 23.0. The molecule has 0 aliphatic heterocycles. The molecule has 0 spiro atoms. The van der Waals surface area contributed by atoms with Crippen molar-refractivity contribution in [1.29, 1.82) is 5.26 Å². The molecule has 2 amide bonds. The number of nitriles is 1. The van der Waals surface area contributed by atoms with Gasteiger partial charge < -0.3 is 33.9 Å². The second kappa shape index (κ2) is 20.5. The van der Waals surface area contributed by atoms with Crippen molar-refractivity contribution in [2.45, 2.75) is 90.8 Å². The number of carboxylic acid groups (broad SMARTS) is 1. The normalized spacial score (nSPS) is 13.1. The van der Waals surface area contributed by atoms with Crippen molar-refractivity contribution in [2.75, 3.05) is 40.1 Å². The van der Waals surface area contributed by atoms with Crippen molar-refractivity contribution in [3.8, 4) is 23.3 Å². The first-order valence-electron chi connectivity index (χ1n) is 18.5. The van der Waals surface area contributed by atoms with E-state index in [2.05, 4.69) is 12.1 Å². The molecule has 1 aliphatic rings. The molecule has 0 radical (unpaired) electrons. The third-order valence-corrected chi connectivity index (χ3v) is 9.67. The van der Waals surface area contributed by atoms with Gasteiger partial charge in [0.1, 0.15) is 24.7 Å². The van der Waals surface area contributed by atoms with Crippen LogP contribution in [0.4, 0.5) is 4.79 Å².